The molecular weight excluding hydrogens is 142 g/mol. The minimum atomic E-state index is -0.412. The van der Waals surface area contributed by atoms with E-state index >= 15 is 0 Å². The number of nitrogens with zero attached hydrogens (tertiary/aromatic N) is 1. The fourth-order valence-electron chi connectivity index (χ4n) is 0.988. The molecule has 0 fully saturated rings. The summed E-state index contributed by atoms with van der Waals surface area (Å²) in [6, 6.07) is 3.24. The summed E-state index contributed by atoms with van der Waals surface area (Å²) in [5, 5.41) is 8.83. The molecule has 0 aliphatic rings. The van der Waals surface area contributed by atoms with Crippen molar-refractivity contribution in [2.45, 2.75) is 13.0 Å². The van der Waals surface area contributed by atoms with Crippen molar-refractivity contribution in [2.75, 3.05) is 6.61 Å². The van der Waals surface area contributed by atoms with Crippen LogP contribution in [0.5, 0.6) is 0 Å². The molecule has 0 aliphatic heterocycles. The molecule has 0 aliphatic carbocycles. The molecule has 0 saturated carbocycles. The standard InChI is InChI=1S/C8H11NO2/c1-7(11)8(6-10)9-4-2-3-5-9/h2-5,8,10H,6H2,1H3/t8-/m0/s1. The molecule has 60 valence electrons. The van der Waals surface area contributed by atoms with Gasteiger partial charge in [0.2, 0.25) is 0 Å². The number of hydrogen-bond donors (Lipinski definition) is 1. The summed E-state index contributed by atoms with van der Waals surface area (Å²) in [7, 11) is 0. The van der Waals surface area contributed by atoms with E-state index in [4.69, 9.17) is 5.11 Å². The van der Waals surface area contributed by atoms with Crippen LogP contribution >= 0.6 is 0 Å². The Morgan fingerprint density at radius 1 is 1.55 bits per heavy atom. The number of aliphatic hydroxyl groups excluding tert-OH is 1. The number of hydrogen-bond acceptors (Lipinski definition) is 2. The summed E-state index contributed by atoms with van der Waals surface area (Å²) in [5.41, 5.74) is 0. The van der Waals surface area contributed by atoms with E-state index in [0.29, 0.717) is 0 Å². The van der Waals surface area contributed by atoms with Gasteiger partial charge in [0.05, 0.1) is 6.61 Å². The van der Waals surface area contributed by atoms with Crippen molar-refractivity contribution >= 4 is 5.78 Å². The van der Waals surface area contributed by atoms with Crippen LogP contribution in [0, 0.1) is 0 Å². The van der Waals surface area contributed by atoms with Crippen LogP contribution in [0.4, 0.5) is 0 Å². The molecule has 0 amide bonds. The van der Waals surface area contributed by atoms with Gasteiger partial charge < -0.3 is 9.67 Å². The number of aliphatic hydroxyl groups is 1. The number of ketones is 1. The van der Waals surface area contributed by atoms with Gasteiger partial charge in [0.1, 0.15) is 6.04 Å². The summed E-state index contributed by atoms with van der Waals surface area (Å²) in [6.07, 6.45) is 3.53. The Kier molecular flexibility index (Phi) is 2.44. The van der Waals surface area contributed by atoms with Gasteiger partial charge in [-0.2, -0.15) is 0 Å². The quantitative estimate of drug-likeness (QED) is 0.691. The number of carbonyl (C=O) groups is 1. The summed E-state index contributed by atoms with van der Waals surface area (Å²) in [6.45, 7) is 1.34. The Labute approximate surface area is 65.3 Å². The Bertz CT molecular complexity index is 228. The van der Waals surface area contributed by atoms with Gasteiger partial charge in [-0.05, 0) is 19.1 Å². The van der Waals surface area contributed by atoms with E-state index in [2.05, 4.69) is 0 Å². The van der Waals surface area contributed by atoms with E-state index in [1.54, 1.807) is 17.0 Å². The lowest BCUT2D eigenvalue weighted by molar-refractivity contribution is -0.121. The molecule has 1 heterocycles. The molecule has 0 saturated heterocycles. The number of carbonyl (C=O) groups excluding carboxylic acids is 1. The van der Waals surface area contributed by atoms with Crippen LogP contribution in [0.2, 0.25) is 0 Å². The monoisotopic (exact) mass is 153 g/mol. The molecule has 1 aromatic heterocycles. The lowest BCUT2D eigenvalue weighted by Gasteiger charge is -2.11. The maximum atomic E-state index is 10.9. The van der Waals surface area contributed by atoms with Crippen molar-refractivity contribution in [3.05, 3.63) is 24.5 Å². The predicted molar refractivity (Wildman–Crippen MR) is 41.2 cm³/mol. The first-order valence-electron chi connectivity index (χ1n) is 3.49. The summed E-state index contributed by atoms with van der Waals surface area (Å²) in [5.74, 6) is -0.0244. The van der Waals surface area contributed by atoms with Crippen LogP contribution in [0.25, 0.3) is 0 Å². The molecule has 0 spiro atoms. The van der Waals surface area contributed by atoms with E-state index in [9.17, 15) is 4.79 Å². The largest absolute Gasteiger partial charge is 0.394 e. The second-order valence-electron chi connectivity index (χ2n) is 2.44. The third-order valence-corrected chi connectivity index (χ3v) is 1.63. The van der Waals surface area contributed by atoms with Crippen LogP contribution in [0.15, 0.2) is 24.5 Å². The smallest absolute Gasteiger partial charge is 0.154 e. The highest BCUT2D eigenvalue weighted by Crippen LogP contribution is 2.06. The lowest BCUT2D eigenvalue weighted by Crippen LogP contribution is -2.19. The Balaban J connectivity index is 2.79. The van der Waals surface area contributed by atoms with Crippen molar-refractivity contribution in [1.29, 1.82) is 0 Å². The molecule has 1 N–H and O–H groups in total. The molecule has 1 rings (SSSR count). The third kappa shape index (κ3) is 1.68. The summed E-state index contributed by atoms with van der Waals surface area (Å²) < 4.78 is 1.70. The van der Waals surface area contributed by atoms with E-state index in [1.807, 2.05) is 12.1 Å². The van der Waals surface area contributed by atoms with E-state index in [-0.39, 0.29) is 12.4 Å². The maximum Gasteiger partial charge on any atom is 0.154 e. The van der Waals surface area contributed by atoms with Gasteiger partial charge >= 0.3 is 0 Å². The van der Waals surface area contributed by atoms with Crippen LogP contribution in [0.3, 0.4) is 0 Å². The van der Waals surface area contributed by atoms with Crippen molar-refractivity contribution in [3.63, 3.8) is 0 Å². The SMILES string of the molecule is CC(=O)[C@H](CO)n1cccc1. The minimum Gasteiger partial charge on any atom is -0.394 e. The molecule has 0 bridgehead atoms. The molecule has 1 aromatic rings. The van der Waals surface area contributed by atoms with Gasteiger partial charge in [-0.15, -0.1) is 0 Å². The topological polar surface area (TPSA) is 42.2 Å². The van der Waals surface area contributed by atoms with E-state index < -0.39 is 6.04 Å². The Morgan fingerprint density at radius 2 is 2.09 bits per heavy atom. The third-order valence-electron chi connectivity index (χ3n) is 1.63. The second kappa shape index (κ2) is 3.34. The Hall–Kier alpha value is -1.09. The van der Waals surface area contributed by atoms with Gasteiger partial charge in [0.25, 0.3) is 0 Å². The fourth-order valence-corrected chi connectivity index (χ4v) is 0.988. The normalized spacial score (nSPS) is 12.9. The molecular formula is C8H11NO2. The van der Waals surface area contributed by atoms with Crippen LogP contribution in [0.1, 0.15) is 13.0 Å². The molecule has 0 aromatic carbocycles. The first-order valence-corrected chi connectivity index (χ1v) is 3.49. The summed E-state index contributed by atoms with van der Waals surface area (Å²) >= 11 is 0. The van der Waals surface area contributed by atoms with E-state index in [1.165, 1.54) is 6.92 Å². The molecule has 0 radical (unpaired) electrons. The number of Topliss-reactive ketones (excluding diaryl/α,β-unsaturated/α-hetero) is 1. The molecule has 0 unspecified atom stereocenters. The first kappa shape index (κ1) is 8.01. The highest BCUT2D eigenvalue weighted by atomic mass is 16.3. The van der Waals surface area contributed by atoms with Gasteiger partial charge in [-0.25, -0.2) is 0 Å². The predicted octanol–water partition coefficient (Wildman–Crippen LogP) is 0.611. The average Bonchev–Trinajstić information content (AvgIpc) is 2.40. The lowest BCUT2D eigenvalue weighted by atomic mass is 10.2. The molecule has 11 heavy (non-hydrogen) atoms. The molecule has 1 atom stereocenters. The fraction of sp³-hybridized carbons (Fsp3) is 0.375. The minimum absolute atomic E-state index is 0.0244. The van der Waals surface area contributed by atoms with Crippen molar-refractivity contribution in [1.82, 2.24) is 4.57 Å². The molecule has 3 nitrogen and oxygen atoms in total. The maximum absolute atomic E-state index is 10.9. The second-order valence-corrected chi connectivity index (χ2v) is 2.44. The van der Waals surface area contributed by atoms with Crippen LogP contribution in [-0.4, -0.2) is 22.1 Å². The zero-order valence-corrected chi connectivity index (χ0v) is 6.40. The summed E-state index contributed by atoms with van der Waals surface area (Å²) in [4.78, 5) is 10.9. The van der Waals surface area contributed by atoms with Gasteiger partial charge in [0.15, 0.2) is 5.78 Å². The highest BCUT2D eigenvalue weighted by Gasteiger charge is 2.12. The Morgan fingerprint density at radius 3 is 2.45 bits per heavy atom. The van der Waals surface area contributed by atoms with E-state index in [0.717, 1.165) is 0 Å². The van der Waals surface area contributed by atoms with Gasteiger partial charge in [-0.1, -0.05) is 0 Å². The van der Waals surface area contributed by atoms with Crippen molar-refractivity contribution in [2.24, 2.45) is 0 Å². The molecule has 3 heteroatoms. The van der Waals surface area contributed by atoms with Gasteiger partial charge in [-0.3, -0.25) is 4.79 Å². The zero-order chi connectivity index (χ0) is 8.27. The van der Waals surface area contributed by atoms with Crippen LogP contribution in [-0.2, 0) is 4.79 Å². The number of aromatic nitrogens is 1. The average molecular weight is 153 g/mol. The van der Waals surface area contributed by atoms with Crippen molar-refractivity contribution < 1.29 is 9.90 Å². The number of rotatable bonds is 3. The first-order chi connectivity index (χ1) is 5.25. The van der Waals surface area contributed by atoms with Crippen LogP contribution < -0.4 is 0 Å². The van der Waals surface area contributed by atoms with Crippen molar-refractivity contribution in [3.8, 4) is 0 Å². The zero-order valence-electron chi connectivity index (χ0n) is 6.40. The highest BCUT2D eigenvalue weighted by molar-refractivity contribution is 5.80. The van der Waals surface area contributed by atoms with Gasteiger partial charge in [0, 0.05) is 12.4 Å².